The van der Waals surface area contributed by atoms with Gasteiger partial charge in [-0.1, -0.05) is 0 Å². The number of nitrogens with zero attached hydrogens (tertiary/aromatic N) is 6. The largest absolute Gasteiger partial charge is 0.519 e. The van der Waals surface area contributed by atoms with Crippen molar-refractivity contribution in [2.45, 2.75) is 49.7 Å². The van der Waals surface area contributed by atoms with Crippen LogP contribution in [0.4, 0.5) is 27.8 Å². The zero-order valence-electron chi connectivity index (χ0n) is 35.1. The van der Waals surface area contributed by atoms with Gasteiger partial charge in [0.15, 0.2) is 11.6 Å². The lowest BCUT2D eigenvalue weighted by atomic mass is 9.94. The number of aromatic nitrogens is 6. The van der Waals surface area contributed by atoms with Crippen molar-refractivity contribution >= 4 is 41.0 Å². The maximum atomic E-state index is 13.5. The number of anilines is 2. The molecule has 0 radical (unpaired) electrons. The number of hydrogen-bond acceptors (Lipinski definition) is 17. The number of pyridine rings is 2. The van der Waals surface area contributed by atoms with Crippen molar-refractivity contribution in [2.75, 3.05) is 38.1 Å². The minimum absolute atomic E-state index is 0.0273. The zero-order chi connectivity index (χ0) is 46.3. The summed E-state index contributed by atoms with van der Waals surface area (Å²) in [6, 6.07) is 17.5. The summed E-state index contributed by atoms with van der Waals surface area (Å²) in [6.45, 7) is 0.172. The minimum Gasteiger partial charge on any atom is -0.481 e. The Hall–Kier alpha value is -8.31. The van der Waals surface area contributed by atoms with E-state index in [0.717, 1.165) is 0 Å². The van der Waals surface area contributed by atoms with Crippen LogP contribution in [0.15, 0.2) is 85.2 Å². The monoisotopic (exact) mass is 904 g/mol. The normalized spacial score (nSPS) is 17.7. The first-order valence-electron chi connectivity index (χ1n) is 20.3. The molecule has 0 bridgehead atoms. The van der Waals surface area contributed by atoms with E-state index in [1.807, 2.05) is 0 Å². The highest BCUT2D eigenvalue weighted by molar-refractivity contribution is 5.92. The highest BCUT2D eigenvalue weighted by Crippen LogP contribution is 2.44. The Morgan fingerprint density at radius 1 is 0.667 bits per heavy atom. The minimum atomic E-state index is -1.20. The van der Waals surface area contributed by atoms with Crippen LogP contribution in [0.1, 0.15) is 70.5 Å². The summed E-state index contributed by atoms with van der Waals surface area (Å²) in [5.41, 5.74) is 2.54. The van der Waals surface area contributed by atoms with Gasteiger partial charge in [0.1, 0.15) is 11.5 Å². The van der Waals surface area contributed by atoms with Gasteiger partial charge >= 0.3 is 6.16 Å². The molecule has 2 aliphatic rings. The zero-order valence-corrected chi connectivity index (χ0v) is 35.1. The number of non-ortho nitro benzene ring substituents is 2. The summed E-state index contributed by atoms with van der Waals surface area (Å²) in [4.78, 5) is 69.6. The number of amides is 2. The van der Waals surface area contributed by atoms with E-state index < -0.39 is 40.0 Å². The van der Waals surface area contributed by atoms with Gasteiger partial charge in [-0.2, -0.15) is 10.2 Å². The molecule has 2 saturated heterocycles. The summed E-state index contributed by atoms with van der Waals surface area (Å²) in [5, 5.41) is 43.3. The van der Waals surface area contributed by atoms with E-state index in [4.69, 9.17) is 28.4 Å². The topological polar surface area (TPSA) is 300 Å². The lowest BCUT2D eigenvalue weighted by molar-refractivity contribution is -0.385. The van der Waals surface area contributed by atoms with Crippen LogP contribution in [0.3, 0.4) is 0 Å². The molecule has 4 atom stereocenters. The summed E-state index contributed by atoms with van der Waals surface area (Å²) in [7, 11) is 2.96. The van der Waals surface area contributed by atoms with Gasteiger partial charge in [0.2, 0.25) is 23.6 Å². The third kappa shape index (κ3) is 10.5. The van der Waals surface area contributed by atoms with Crippen LogP contribution in [-0.4, -0.2) is 85.6 Å². The van der Waals surface area contributed by atoms with Crippen LogP contribution in [0.5, 0.6) is 23.3 Å². The maximum Gasteiger partial charge on any atom is 0.519 e. The number of nitrogens with one attached hydrogen (secondary N) is 4. The molecule has 23 nitrogen and oxygen atoms in total. The van der Waals surface area contributed by atoms with Crippen LogP contribution in [0, 0.1) is 20.2 Å². The molecular weight excluding hydrogens is 865 g/mol. The number of benzene rings is 2. The van der Waals surface area contributed by atoms with E-state index in [1.54, 1.807) is 36.4 Å². The molecule has 4 unspecified atom stereocenters. The molecule has 4 N–H and O–H groups in total. The molecule has 8 rings (SSSR count). The third-order valence-corrected chi connectivity index (χ3v) is 10.8. The summed E-state index contributed by atoms with van der Waals surface area (Å²) < 4.78 is 33.7. The van der Waals surface area contributed by atoms with Crippen LogP contribution >= 0.6 is 0 Å². The average Bonchev–Trinajstić information content (AvgIpc) is 4.15. The second-order valence-electron chi connectivity index (χ2n) is 15.2. The number of carbonyl (C=O) groups excluding carboxylic acids is 3. The summed E-state index contributed by atoms with van der Waals surface area (Å²) in [6.07, 6.45) is 1.42. The molecule has 6 heterocycles. The van der Waals surface area contributed by atoms with E-state index >= 15 is 0 Å². The number of methoxy groups -OCH3 is 2. The van der Waals surface area contributed by atoms with Gasteiger partial charge in [-0.3, -0.25) is 40.0 Å². The van der Waals surface area contributed by atoms with Crippen molar-refractivity contribution < 1.29 is 52.7 Å². The van der Waals surface area contributed by atoms with E-state index in [2.05, 4.69) is 41.0 Å². The quantitative estimate of drug-likeness (QED) is 0.0364. The molecule has 0 saturated carbocycles. The van der Waals surface area contributed by atoms with Crippen molar-refractivity contribution in [1.29, 1.82) is 0 Å². The number of rotatable bonds is 16. The number of H-pyrrole nitrogens is 2. The fourth-order valence-electron chi connectivity index (χ4n) is 7.66. The lowest BCUT2D eigenvalue weighted by Crippen LogP contribution is -2.17. The summed E-state index contributed by atoms with van der Waals surface area (Å²) in [5.74, 6) is -0.438. The SMILES string of the molecule is COc1cc(CC(=O)Nc2cc(C3CC(c4cc([N+](=O)[O-])ccc4OC(=O)Oc4ccc([N+](=O)[O-])cc4C4COC(c5cc(NC(=O)Cc6ccnc(OC)c6)n[nH]5)C4)CO3)[nH]n2)ccn1. The van der Waals surface area contributed by atoms with Crippen molar-refractivity contribution in [2.24, 2.45) is 0 Å². The lowest BCUT2D eigenvalue weighted by Gasteiger charge is -2.16. The standard InChI is InChI=1S/C43H40N10O13/c1-61-41-13-23(7-9-44-41)11-39(54)46-37-19-31(48-50-37)35-15-25(21-63-35)29-17-27(52(57)58)3-5-33(29)65-43(56)66-34-6-4-28(53(59)60)18-30(34)26-16-36(64-22-26)32-20-38(51-49-32)47-40(55)12-24-8-10-45-42(14-24)62-2/h3-10,13-14,17-20,25-26,35-36H,11-12,15-16,21-22H2,1-2H3,(H2,46,48,50,54)(H2,47,49,51,55). The van der Waals surface area contributed by atoms with Gasteiger partial charge in [0.25, 0.3) is 11.4 Å². The third-order valence-electron chi connectivity index (χ3n) is 10.8. The second kappa shape index (κ2) is 19.6. The van der Waals surface area contributed by atoms with E-state index in [0.29, 0.717) is 58.2 Å². The Morgan fingerprint density at radius 2 is 1.11 bits per heavy atom. The van der Waals surface area contributed by atoms with Gasteiger partial charge in [-0.05, 0) is 48.2 Å². The predicted octanol–water partition coefficient (Wildman–Crippen LogP) is 6.19. The average molecular weight is 905 g/mol. The van der Waals surface area contributed by atoms with Crippen molar-refractivity contribution in [3.8, 4) is 23.3 Å². The van der Waals surface area contributed by atoms with Gasteiger partial charge in [0, 0.05) is 83.9 Å². The van der Waals surface area contributed by atoms with Crippen LogP contribution < -0.4 is 29.6 Å². The molecule has 23 heteroatoms. The molecule has 2 fully saturated rings. The Bertz CT molecular complexity index is 2610. The van der Waals surface area contributed by atoms with E-state index in [1.165, 1.54) is 63.0 Å². The van der Waals surface area contributed by atoms with Crippen LogP contribution in [-0.2, 0) is 31.9 Å². The molecule has 0 aliphatic carbocycles. The van der Waals surface area contributed by atoms with E-state index in [9.17, 15) is 34.6 Å². The number of nitro groups is 2. The van der Waals surface area contributed by atoms with Gasteiger partial charge in [-0.25, -0.2) is 14.8 Å². The summed E-state index contributed by atoms with van der Waals surface area (Å²) >= 11 is 0. The second-order valence-corrected chi connectivity index (χ2v) is 15.2. The molecule has 2 aromatic carbocycles. The number of carbonyl (C=O) groups is 3. The molecule has 2 aliphatic heterocycles. The molecule has 66 heavy (non-hydrogen) atoms. The number of aromatic amines is 2. The highest BCUT2D eigenvalue weighted by Gasteiger charge is 2.35. The Balaban J connectivity index is 0.917. The van der Waals surface area contributed by atoms with Crippen LogP contribution in [0.25, 0.3) is 0 Å². The van der Waals surface area contributed by atoms with Crippen molar-refractivity contribution in [3.63, 3.8) is 0 Å². The number of ether oxygens (including phenoxy) is 6. The van der Waals surface area contributed by atoms with Gasteiger partial charge in [-0.15, -0.1) is 0 Å². The molecule has 6 aromatic rings. The molecular formula is C43H40N10O13. The Labute approximate surface area is 373 Å². The van der Waals surface area contributed by atoms with E-state index in [-0.39, 0.29) is 72.4 Å². The number of nitro benzene ring substituents is 2. The van der Waals surface area contributed by atoms with Crippen LogP contribution in [0.2, 0.25) is 0 Å². The van der Waals surface area contributed by atoms with Crippen molar-refractivity contribution in [1.82, 2.24) is 30.4 Å². The number of hydrogen-bond donors (Lipinski definition) is 4. The first-order chi connectivity index (χ1) is 31.9. The molecule has 4 aromatic heterocycles. The Kier molecular flexibility index (Phi) is 13.2. The van der Waals surface area contributed by atoms with Gasteiger partial charge in [0.05, 0.1) is 73.7 Å². The molecule has 2 amide bonds. The first-order valence-corrected chi connectivity index (χ1v) is 20.3. The smallest absolute Gasteiger partial charge is 0.481 e. The fourth-order valence-corrected chi connectivity index (χ4v) is 7.66. The maximum absolute atomic E-state index is 13.5. The molecule has 0 spiro atoms. The predicted molar refractivity (Wildman–Crippen MR) is 228 cm³/mol. The van der Waals surface area contributed by atoms with Crippen molar-refractivity contribution in [3.05, 3.63) is 139 Å². The Morgan fingerprint density at radius 3 is 1.52 bits per heavy atom. The fraction of sp³-hybridized carbons (Fsp3) is 0.279. The van der Waals surface area contributed by atoms with Gasteiger partial charge < -0.3 is 39.1 Å². The molecule has 340 valence electrons. The highest BCUT2D eigenvalue weighted by atomic mass is 16.7. The first kappa shape index (κ1) is 44.3.